The van der Waals surface area contributed by atoms with Gasteiger partial charge in [0.05, 0.1) is 6.10 Å². The fourth-order valence-electron chi connectivity index (χ4n) is 4.29. The molecule has 5 heteroatoms. The number of carbonyl (C=O) groups is 1. The number of fused-ring (bicyclic) bond motifs is 1. The van der Waals surface area contributed by atoms with Crippen LogP contribution in [-0.4, -0.2) is 23.3 Å². The molecule has 0 saturated heterocycles. The average molecular weight is 354 g/mol. The van der Waals surface area contributed by atoms with Gasteiger partial charge in [-0.1, -0.05) is 30.3 Å². The quantitative estimate of drug-likeness (QED) is 0.786. The number of nitrogens with one attached hydrogen (secondary N) is 2. The molecule has 2 aliphatic rings. The molecule has 3 N–H and O–H groups in total. The summed E-state index contributed by atoms with van der Waals surface area (Å²) in [6, 6.07) is 12.5. The van der Waals surface area contributed by atoms with Crippen molar-refractivity contribution in [3.63, 3.8) is 0 Å². The molecule has 4 rings (SSSR count). The second-order valence-corrected chi connectivity index (χ2v) is 7.33. The van der Waals surface area contributed by atoms with E-state index < -0.39 is 0 Å². The van der Waals surface area contributed by atoms with E-state index in [1.54, 1.807) is 6.07 Å². The van der Waals surface area contributed by atoms with E-state index in [0.29, 0.717) is 12.8 Å². The molecule has 2 aliphatic carbocycles. The smallest absolute Gasteiger partial charge is 0.319 e. The molecule has 0 aromatic heterocycles. The highest BCUT2D eigenvalue weighted by Gasteiger charge is 2.29. The molecule has 26 heavy (non-hydrogen) atoms. The van der Waals surface area contributed by atoms with Gasteiger partial charge in [-0.25, -0.2) is 9.18 Å². The van der Waals surface area contributed by atoms with Crippen LogP contribution >= 0.6 is 0 Å². The van der Waals surface area contributed by atoms with Crippen LogP contribution in [0.15, 0.2) is 42.5 Å². The largest absolute Gasteiger partial charge is 0.392 e. The normalized spacial score (nSPS) is 24.3. The van der Waals surface area contributed by atoms with Crippen LogP contribution in [0.25, 0.3) is 0 Å². The zero-order chi connectivity index (χ0) is 18.1. The third-order valence-electron chi connectivity index (χ3n) is 5.53. The third kappa shape index (κ3) is 3.44. The molecule has 2 aromatic carbocycles. The van der Waals surface area contributed by atoms with E-state index in [2.05, 4.69) is 10.6 Å². The Bertz CT molecular complexity index is 823. The second kappa shape index (κ2) is 7.08. The summed E-state index contributed by atoms with van der Waals surface area (Å²) in [6.07, 6.45) is 3.31. The molecular weight excluding hydrogens is 331 g/mol. The molecule has 0 heterocycles. The number of hydrogen-bond acceptors (Lipinski definition) is 2. The van der Waals surface area contributed by atoms with E-state index in [4.69, 9.17) is 0 Å². The second-order valence-electron chi connectivity index (χ2n) is 7.33. The molecule has 0 unspecified atom stereocenters. The van der Waals surface area contributed by atoms with Crippen molar-refractivity contribution in [3.05, 3.63) is 65.0 Å². The number of hydrogen-bond donors (Lipinski definition) is 3. The highest BCUT2D eigenvalue weighted by Crippen LogP contribution is 2.36. The van der Waals surface area contributed by atoms with Crippen LogP contribution in [0.3, 0.4) is 0 Å². The number of aliphatic hydroxyl groups excluding tert-OH is 1. The molecule has 0 bridgehead atoms. The summed E-state index contributed by atoms with van der Waals surface area (Å²) in [5.41, 5.74) is 3.62. The molecule has 0 aliphatic heterocycles. The first kappa shape index (κ1) is 17.0. The number of anilines is 1. The fraction of sp³-hybridized carbons (Fsp3) is 0.381. The maximum atomic E-state index is 14.0. The minimum Gasteiger partial charge on any atom is -0.392 e. The SMILES string of the molecule is O=C(Nc1cccc2c1C[C@@H](O)C2)N[C@@H]1CC[C@@H](c2ccccc2F)C1. The number of rotatable bonds is 3. The molecule has 1 fully saturated rings. The van der Waals surface area contributed by atoms with Crippen LogP contribution in [0.2, 0.25) is 0 Å². The lowest BCUT2D eigenvalue weighted by molar-refractivity contribution is 0.187. The van der Waals surface area contributed by atoms with Crippen molar-refractivity contribution in [1.82, 2.24) is 5.32 Å². The van der Waals surface area contributed by atoms with E-state index in [-0.39, 0.29) is 29.9 Å². The molecular formula is C21H23FN2O2. The first-order chi connectivity index (χ1) is 12.6. The van der Waals surface area contributed by atoms with Gasteiger partial charge in [-0.3, -0.25) is 0 Å². The van der Waals surface area contributed by atoms with E-state index in [9.17, 15) is 14.3 Å². The van der Waals surface area contributed by atoms with Crippen molar-refractivity contribution in [2.45, 2.75) is 50.2 Å². The summed E-state index contributed by atoms with van der Waals surface area (Å²) in [5.74, 6) is -0.0152. The maximum absolute atomic E-state index is 14.0. The average Bonchev–Trinajstić information content (AvgIpc) is 3.21. The van der Waals surface area contributed by atoms with Crippen LogP contribution in [0.5, 0.6) is 0 Å². The molecule has 0 spiro atoms. The van der Waals surface area contributed by atoms with Gasteiger partial charge < -0.3 is 15.7 Å². The first-order valence-electron chi connectivity index (χ1n) is 9.21. The lowest BCUT2D eigenvalue weighted by atomic mass is 9.97. The van der Waals surface area contributed by atoms with Crippen LogP contribution in [0, 0.1) is 5.82 Å². The summed E-state index contributed by atoms with van der Waals surface area (Å²) < 4.78 is 14.0. The number of halogens is 1. The van der Waals surface area contributed by atoms with Gasteiger partial charge in [0.2, 0.25) is 0 Å². The van der Waals surface area contributed by atoms with Crippen molar-refractivity contribution < 1.29 is 14.3 Å². The Hall–Kier alpha value is -2.40. The summed E-state index contributed by atoms with van der Waals surface area (Å²) in [5, 5.41) is 15.8. The lowest BCUT2D eigenvalue weighted by Crippen LogP contribution is -2.36. The van der Waals surface area contributed by atoms with E-state index in [0.717, 1.165) is 41.6 Å². The molecule has 2 amide bonds. The predicted octanol–water partition coefficient (Wildman–Crippen LogP) is 3.74. The van der Waals surface area contributed by atoms with Gasteiger partial charge in [0.1, 0.15) is 5.82 Å². The molecule has 3 atom stereocenters. The summed E-state index contributed by atoms with van der Waals surface area (Å²) >= 11 is 0. The van der Waals surface area contributed by atoms with Crippen molar-refractivity contribution in [2.24, 2.45) is 0 Å². The summed E-state index contributed by atoms with van der Waals surface area (Å²) in [7, 11) is 0. The number of benzene rings is 2. The Morgan fingerprint density at radius 3 is 2.77 bits per heavy atom. The van der Waals surface area contributed by atoms with Gasteiger partial charge in [0, 0.05) is 18.2 Å². The molecule has 136 valence electrons. The minimum absolute atomic E-state index is 0.0435. The van der Waals surface area contributed by atoms with Crippen LogP contribution in [-0.2, 0) is 12.8 Å². The van der Waals surface area contributed by atoms with Gasteiger partial charge in [0.15, 0.2) is 0 Å². The van der Waals surface area contributed by atoms with Crippen molar-refractivity contribution in [3.8, 4) is 0 Å². The number of aliphatic hydroxyl groups is 1. The molecule has 2 aromatic rings. The Kier molecular flexibility index (Phi) is 4.64. The van der Waals surface area contributed by atoms with Crippen molar-refractivity contribution >= 4 is 11.7 Å². The monoisotopic (exact) mass is 354 g/mol. The van der Waals surface area contributed by atoms with E-state index >= 15 is 0 Å². The summed E-state index contributed by atoms with van der Waals surface area (Å²) in [6.45, 7) is 0. The van der Waals surface area contributed by atoms with Crippen molar-refractivity contribution in [1.29, 1.82) is 0 Å². The zero-order valence-electron chi connectivity index (χ0n) is 14.5. The standard InChI is InChI=1S/C21H23FN2O2/c22-19-6-2-1-5-17(19)14-8-9-15(10-14)23-21(26)24-20-7-3-4-13-11-16(25)12-18(13)20/h1-7,14-16,25H,8-12H2,(H2,23,24,26)/t14-,15-,16+/m1/s1. The van der Waals surface area contributed by atoms with Gasteiger partial charge >= 0.3 is 6.03 Å². The van der Waals surface area contributed by atoms with Crippen molar-refractivity contribution in [2.75, 3.05) is 5.32 Å². The van der Waals surface area contributed by atoms with E-state index in [1.165, 1.54) is 6.07 Å². The number of carbonyl (C=O) groups excluding carboxylic acids is 1. The van der Waals surface area contributed by atoms with Gasteiger partial charge in [0.25, 0.3) is 0 Å². The predicted molar refractivity (Wildman–Crippen MR) is 98.8 cm³/mol. The molecule has 4 nitrogen and oxygen atoms in total. The van der Waals surface area contributed by atoms with Crippen LogP contribution in [0.4, 0.5) is 14.9 Å². The minimum atomic E-state index is -0.368. The summed E-state index contributed by atoms with van der Waals surface area (Å²) in [4.78, 5) is 12.4. The maximum Gasteiger partial charge on any atom is 0.319 e. The van der Waals surface area contributed by atoms with Crippen LogP contribution in [0.1, 0.15) is 41.9 Å². The molecule has 0 radical (unpaired) electrons. The lowest BCUT2D eigenvalue weighted by Gasteiger charge is -2.16. The number of amides is 2. The third-order valence-corrected chi connectivity index (χ3v) is 5.53. The Morgan fingerprint density at radius 2 is 1.92 bits per heavy atom. The Morgan fingerprint density at radius 1 is 1.08 bits per heavy atom. The van der Waals surface area contributed by atoms with Crippen LogP contribution < -0.4 is 10.6 Å². The Labute approximate surface area is 152 Å². The zero-order valence-corrected chi connectivity index (χ0v) is 14.5. The Balaban J connectivity index is 1.37. The van der Waals surface area contributed by atoms with Gasteiger partial charge in [-0.2, -0.15) is 0 Å². The fourth-order valence-corrected chi connectivity index (χ4v) is 4.29. The number of urea groups is 1. The molecule has 1 saturated carbocycles. The highest BCUT2D eigenvalue weighted by molar-refractivity contribution is 5.90. The van der Waals surface area contributed by atoms with E-state index in [1.807, 2.05) is 30.3 Å². The first-order valence-corrected chi connectivity index (χ1v) is 9.21. The van der Waals surface area contributed by atoms with Gasteiger partial charge in [-0.05, 0) is 60.4 Å². The highest BCUT2D eigenvalue weighted by atomic mass is 19.1. The topological polar surface area (TPSA) is 61.4 Å². The van der Waals surface area contributed by atoms with Gasteiger partial charge in [-0.15, -0.1) is 0 Å².